The van der Waals surface area contributed by atoms with Gasteiger partial charge in [0.25, 0.3) is 0 Å². The molecule has 0 radical (unpaired) electrons. The number of rotatable bonds is 4. The van der Waals surface area contributed by atoms with Crippen molar-refractivity contribution in [3.8, 4) is 0 Å². The monoisotopic (exact) mass is 442 g/mol. The molecule has 0 aromatic carbocycles. The van der Waals surface area contributed by atoms with Crippen LogP contribution in [0.25, 0.3) is 0 Å². The molecular formula is C30H50O2. The molecule has 0 spiro atoms. The van der Waals surface area contributed by atoms with Gasteiger partial charge in [0.2, 0.25) is 0 Å². The van der Waals surface area contributed by atoms with E-state index in [1.807, 2.05) is 0 Å². The lowest BCUT2D eigenvalue weighted by Gasteiger charge is -2.63. The van der Waals surface area contributed by atoms with Crippen molar-refractivity contribution < 1.29 is 10.2 Å². The molecule has 5 aliphatic rings. The molecule has 2 nitrogen and oxygen atoms in total. The zero-order valence-electron chi connectivity index (χ0n) is 22.0. The molecule has 182 valence electrons. The second kappa shape index (κ2) is 7.33. The van der Waals surface area contributed by atoms with Gasteiger partial charge in [0.05, 0.1) is 11.7 Å². The summed E-state index contributed by atoms with van der Waals surface area (Å²) in [6.07, 6.45) is 12.1. The fourth-order valence-electron chi connectivity index (χ4n) is 10.2. The van der Waals surface area contributed by atoms with E-state index in [0.29, 0.717) is 22.7 Å². The van der Waals surface area contributed by atoms with Crippen molar-refractivity contribution >= 4 is 0 Å². The molecule has 32 heavy (non-hydrogen) atoms. The third kappa shape index (κ3) is 2.96. The Bertz CT molecular complexity index is 786. The van der Waals surface area contributed by atoms with Crippen molar-refractivity contribution in [1.29, 1.82) is 0 Å². The van der Waals surface area contributed by atoms with Gasteiger partial charge in [0.1, 0.15) is 0 Å². The Morgan fingerprint density at radius 3 is 2.31 bits per heavy atom. The quantitative estimate of drug-likeness (QED) is 0.460. The highest BCUT2D eigenvalue weighted by Crippen LogP contribution is 2.72. The van der Waals surface area contributed by atoms with Gasteiger partial charge < -0.3 is 10.2 Å². The maximum Gasteiger partial charge on any atom is 0.0772 e. The molecule has 11 atom stereocenters. The highest BCUT2D eigenvalue weighted by Gasteiger charge is 2.67. The van der Waals surface area contributed by atoms with Gasteiger partial charge in [-0.25, -0.2) is 0 Å². The van der Waals surface area contributed by atoms with Gasteiger partial charge >= 0.3 is 0 Å². The first-order valence-electron chi connectivity index (χ1n) is 14.0. The van der Waals surface area contributed by atoms with E-state index in [0.717, 1.165) is 61.7 Å². The lowest BCUT2D eigenvalue weighted by molar-refractivity contribution is -0.190. The summed E-state index contributed by atoms with van der Waals surface area (Å²) >= 11 is 0. The van der Waals surface area contributed by atoms with E-state index in [-0.39, 0.29) is 11.5 Å². The van der Waals surface area contributed by atoms with Crippen molar-refractivity contribution in [2.45, 2.75) is 118 Å². The van der Waals surface area contributed by atoms with Gasteiger partial charge in [0.15, 0.2) is 0 Å². The van der Waals surface area contributed by atoms with Crippen molar-refractivity contribution in [1.82, 2.24) is 0 Å². The molecule has 0 bridgehead atoms. The van der Waals surface area contributed by atoms with Gasteiger partial charge in [0, 0.05) is 5.41 Å². The molecule has 0 aromatic rings. The maximum absolute atomic E-state index is 12.3. The molecule has 4 saturated carbocycles. The first kappa shape index (κ1) is 23.4. The number of fused-ring (bicyclic) bond motifs is 5. The summed E-state index contributed by atoms with van der Waals surface area (Å²) in [6.45, 7) is 17.4. The van der Waals surface area contributed by atoms with E-state index in [4.69, 9.17) is 0 Å². The van der Waals surface area contributed by atoms with Crippen LogP contribution in [0.4, 0.5) is 0 Å². The van der Waals surface area contributed by atoms with E-state index < -0.39 is 5.60 Å². The van der Waals surface area contributed by atoms with E-state index in [2.05, 4.69) is 54.5 Å². The maximum atomic E-state index is 12.3. The molecule has 2 heteroatoms. The molecule has 2 N–H and O–H groups in total. The minimum Gasteiger partial charge on any atom is -0.393 e. The van der Waals surface area contributed by atoms with Crippen LogP contribution in [-0.2, 0) is 0 Å². The van der Waals surface area contributed by atoms with E-state index in [9.17, 15) is 10.2 Å². The summed E-state index contributed by atoms with van der Waals surface area (Å²) in [5.41, 5.74) is 1.59. The molecule has 0 saturated heterocycles. The predicted octanol–water partition coefficient (Wildman–Crippen LogP) is 7.00. The minimum atomic E-state index is -0.570. The van der Waals surface area contributed by atoms with Crippen LogP contribution < -0.4 is 0 Å². The lowest BCUT2D eigenvalue weighted by atomic mass is 9.44. The molecule has 11 unspecified atom stereocenters. The van der Waals surface area contributed by atoms with E-state index in [1.54, 1.807) is 0 Å². The van der Waals surface area contributed by atoms with E-state index in [1.165, 1.54) is 31.3 Å². The molecule has 0 amide bonds. The predicted molar refractivity (Wildman–Crippen MR) is 132 cm³/mol. The fourth-order valence-corrected chi connectivity index (χ4v) is 10.2. The van der Waals surface area contributed by atoms with Gasteiger partial charge in [-0.05, 0) is 110 Å². The number of hydrogen-bond acceptors (Lipinski definition) is 2. The van der Waals surface area contributed by atoms with Crippen LogP contribution in [0.15, 0.2) is 11.6 Å². The first-order chi connectivity index (χ1) is 14.9. The summed E-state index contributed by atoms with van der Waals surface area (Å²) in [4.78, 5) is 0. The van der Waals surface area contributed by atoms with Crippen LogP contribution in [0.5, 0.6) is 0 Å². The van der Waals surface area contributed by atoms with Crippen LogP contribution in [0, 0.1) is 57.7 Å². The summed E-state index contributed by atoms with van der Waals surface area (Å²) in [5, 5.41) is 22.6. The second-order valence-electron chi connectivity index (χ2n) is 14.2. The van der Waals surface area contributed by atoms with Crippen LogP contribution in [0.3, 0.4) is 0 Å². The summed E-state index contributed by atoms with van der Waals surface area (Å²) in [7, 11) is 0. The SMILES string of the molecule is CC(C)C(C)C1(C)CC1C(C)C1CCC2C3CC=C4CC(O)CCC4(C)C3(O)CCC12C. The van der Waals surface area contributed by atoms with Crippen LogP contribution >= 0.6 is 0 Å². The highest BCUT2D eigenvalue weighted by atomic mass is 16.3. The summed E-state index contributed by atoms with van der Waals surface area (Å²) in [5.74, 6) is 5.14. The Hall–Kier alpha value is -0.340. The zero-order chi connectivity index (χ0) is 23.3. The van der Waals surface area contributed by atoms with Crippen LogP contribution in [0.1, 0.15) is 106 Å². The number of hydrogen-bond donors (Lipinski definition) is 2. The third-order valence-corrected chi connectivity index (χ3v) is 13.0. The molecule has 5 rings (SSSR count). The smallest absolute Gasteiger partial charge is 0.0772 e. The van der Waals surface area contributed by atoms with Gasteiger partial charge in [-0.15, -0.1) is 0 Å². The van der Waals surface area contributed by atoms with Crippen molar-refractivity contribution in [3.63, 3.8) is 0 Å². The van der Waals surface area contributed by atoms with Crippen LogP contribution in [-0.4, -0.2) is 21.9 Å². The Kier molecular flexibility index (Phi) is 5.36. The van der Waals surface area contributed by atoms with Crippen molar-refractivity contribution in [2.24, 2.45) is 57.7 Å². The number of aliphatic hydroxyl groups excluding tert-OH is 1. The average Bonchev–Trinajstić information content (AvgIpc) is 3.31. The Morgan fingerprint density at radius 2 is 1.62 bits per heavy atom. The standard InChI is InChI=1S/C30H50O2/c1-18(2)20(4)28(6)17-26(28)19(3)23-10-11-24-25-9-8-21-16-22(31)12-13-29(21,7)30(25,32)15-14-27(23,24)5/h8,18-20,22-26,31-32H,9-17H2,1-7H3. The van der Waals surface area contributed by atoms with Gasteiger partial charge in [-0.3, -0.25) is 0 Å². The largest absolute Gasteiger partial charge is 0.393 e. The van der Waals surface area contributed by atoms with Crippen molar-refractivity contribution in [3.05, 3.63) is 11.6 Å². The lowest BCUT2D eigenvalue weighted by Crippen LogP contribution is -2.63. The fraction of sp³-hybridized carbons (Fsp3) is 0.933. The summed E-state index contributed by atoms with van der Waals surface area (Å²) in [6, 6.07) is 0. The zero-order valence-corrected chi connectivity index (χ0v) is 22.0. The normalized spacial score (nSPS) is 54.3. The van der Waals surface area contributed by atoms with Gasteiger partial charge in [-0.1, -0.05) is 60.1 Å². The van der Waals surface area contributed by atoms with Crippen LogP contribution in [0.2, 0.25) is 0 Å². The first-order valence-corrected chi connectivity index (χ1v) is 14.0. The summed E-state index contributed by atoms with van der Waals surface area (Å²) < 4.78 is 0. The van der Waals surface area contributed by atoms with Crippen molar-refractivity contribution in [2.75, 3.05) is 0 Å². The van der Waals surface area contributed by atoms with Gasteiger partial charge in [-0.2, -0.15) is 0 Å². The molecule has 5 aliphatic carbocycles. The second-order valence-corrected chi connectivity index (χ2v) is 14.2. The number of aliphatic hydroxyl groups is 2. The average molecular weight is 443 g/mol. The molecular weight excluding hydrogens is 392 g/mol. The Labute approximate surface area is 197 Å². The van der Waals surface area contributed by atoms with E-state index >= 15 is 0 Å². The minimum absolute atomic E-state index is 0.123. The third-order valence-electron chi connectivity index (χ3n) is 13.0. The molecule has 0 heterocycles. The number of allylic oxidation sites excluding steroid dienone is 1. The molecule has 0 aliphatic heterocycles. The molecule has 4 fully saturated rings. The highest BCUT2D eigenvalue weighted by molar-refractivity contribution is 5.30. The Balaban J connectivity index is 1.39. The topological polar surface area (TPSA) is 40.5 Å². The Morgan fingerprint density at radius 1 is 0.906 bits per heavy atom. The molecule has 0 aromatic heterocycles.